The lowest BCUT2D eigenvalue weighted by atomic mass is 10.1. The Hall–Kier alpha value is -2.07. The van der Waals surface area contributed by atoms with Crippen LogP contribution in [0.2, 0.25) is 5.02 Å². The van der Waals surface area contributed by atoms with Crippen LogP contribution >= 0.6 is 11.6 Å². The second kappa shape index (κ2) is 5.13. The molecule has 0 aromatic heterocycles. The zero-order valence-electron chi connectivity index (χ0n) is 10.7. The van der Waals surface area contributed by atoms with Crippen LogP contribution < -0.4 is 5.32 Å². The number of hydrogen-bond acceptors (Lipinski definition) is 3. The molecule has 0 aliphatic heterocycles. The number of nitrogens with one attached hydrogen (secondary N) is 1. The van der Waals surface area contributed by atoms with Gasteiger partial charge in [0.05, 0.1) is 4.92 Å². The van der Waals surface area contributed by atoms with Gasteiger partial charge in [0.15, 0.2) is 0 Å². The molecule has 0 saturated heterocycles. The number of nitrogens with zero attached hydrogens (tertiary/aromatic N) is 1. The van der Waals surface area contributed by atoms with Crippen molar-refractivity contribution in [3.63, 3.8) is 0 Å². The Labute approximate surface area is 121 Å². The highest BCUT2D eigenvalue weighted by molar-refractivity contribution is 6.32. The fourth-order valence-corrected chi connectivity index (χ4v) is 2.89. The van der Waals surface area contributed by atoms with E-state index in [0.29, 0.717) is 6.04 Å². The molecule has 1 aliphatic carbocycles. The molecule has 102 valence electrons. The predicted octanol–water partition coefficient (Wildman–Crippen LogP) is 3.83. The maximum absolute atomic E-state index is 10.7. The van der Waals surface area contributed by atoms with Crippen LogP contribution in [0.4, 0.5) is 11.4 Å². The van der Waals surface area contributed by atoms with E-state index >= 15 is 0 Å². The van der Waals surface area contributed by atoms with Gasteiger partial charge >= 0.3 is 0 Å². The van der Waals surface area contributed by atoms with Crippen molar-refractivity contribution in [1.82, 2.24) is 0 Å². The molecular formula is C15H13ClN2O2. The van der Waals surface area contributed by atoms with Crippen molar-refractivity contribution in [3.8, 4) is 0 Å². The number of hydrogen-bond donors (Lipinski definition) is 1. The minimum Gasteiger partial charge on any atom is -0.382 e. The van der Waals surface area contributed by atoms with Gasteiger partial charge in [-0.15, -0.1) is 0 Å². The van der Waals surface area contributed by atoms with Gasteiger partial charge in [-0.25, -0.2) is 0 Å². The number of benzene rings is 2. The van der Waals surface area contributed by atoms with E-state index in [1.54, 1.807) is 12.1 Å². The largest absolute Gasteiger partial charge is 0.382 e. The monoisotopic (exact) mass is 288 g/mol. The molecule has 0 heterocycles. The Kier molecular flexibility index (Phi) is 3.32. The molecule has 1 N–H and O–H groups in total. The number of halogens is 1. The van der Waals surface area contributed by atoms with Crippen LogP contribution in [0.15, 0.2) is 42.5 Å². The zero-order valence-corrected chi connectivity index (χ0v) is 11.4. The van der Waals surface area contributed by atoms with Crippen molar-refractivity contribution >= 4 is 23.0 Å². The van der Waals surface area contributed by atoms with Gasteiger partial charge in [-0.3, -0.25) is 10.1 Å². The molecular weight excluding hydrogens is 276 g/mol. The van der Waals surface area contributed by atoms with Crippen molar-refractivity contribution in [3.05, 3.63) is 68.7 Å². The molecule has 1 aliphatic rings. The molecule has 0 bridgehead atoms. The molecule has 2 aromatic carbocycles. The fourth-order valence-electron chi connectivity index (χ4n) is 2.64. The van der Waals surface area contributed by atoms with Crippen molar-refractivity contribution in [2.75, 3.05) is 5.32 Å². The molecule has 3 rings (SSSR count). The Bertz CT molecular complexity index is 648. The molecule has 0 saturated carbocycles. The number of nitro groups is 1. The van der Waals surface area contributed by atoms with Crippen LogP contribution in [0.1, 0.15) is 11.1 Å². The lowest BCUT2D eigenvalue weighted by molar-refractivity contribution is -0.384. The Morgan fingerprint density at radius 1 is 1.15 bits per heavy atom. The Morgan fingerprint density at radius 2 is 1.80 bits per heavy atom. The van der Waals surface area contributed by atoms with E-state index in [2.05, 4.69) is 17.4 Å². The van der Waals surface area contributed by atoms with Crippen molar-refractivity contribution < 1.29 is 4.92 Å². The van der Waals surface area contributed by atoms with Gasteiger partial charge in [-0.1, -0.05) is 35.9 Å². The first-order valence-electron chi connectivity index (χ1n) is 6.41. The standard InChI is InChI=1S/C15H13ClN2O2/c16-14-9-12(5-6-15(14)18(19)20)17-13-7-10-3-1-2-4-11(10)8-13/h1-6,9,13,17H,7-8H2. The molecule has 0 atom stereocenters. The van der Waals surface area contributed by atoms with E-state index < -0.39 is 4.92 Å². The van der Waals surface area contributed by atoms with Crippen molar-refractivity contribution in [2.24, 2.45) is 0 Å². The highest BCUT2D eigenvalue weighted by atomic mass is 35.5. The Balaban J connectivity index is 1.74. The first kappa shape index (κ1) is 12.9. The van der Waals surface area contributed by atoms with Crippen LogP contribution in [0.25, 0.3) is 0 Å². The van der Waals surface area contributed by atoms with Crippen molar-refractivity contribution in [1.29, 1.82) is 0 Å². The van der Waals surface area contributed by atoms with E-state index in [0.717, 1.165) is 18.5 Å². The summed E-state index contributed by atoms with van der Waals surface area (Å²) in [5.74, 6) is 0. The van der Waals surface area contributed by atoms with Gasteiger partial charge < -0.3 is 5.32 Å². The van der Waals surface area contributed by atoms with Crippen molar-refractivity contribution in [2.45, 2.75) is 18.9 Å². The van der Waals surface area contributed by atoms with Gasteiger partial charge in [0.25, 0.3) is 5.69 Å². The summed E-state index contributed by atoms with van der Waals surface area (Å²) in [4.78, 5) is 10.3. The van der Waals surface area contributed by atoms with E-state index in [1.807, 2.05) is 12.1 Å². The zero-order chi connectivity index (χ0) is 14.1. The number of rotatable bonds is 3. The van der Waals surface area contributed by atoms with Gasteiger partial charge in [0.1, 0.15) is 5.02 Å². The van der Waals surface area contributed by atoms with E-state index in [-0.39, 0.29) is 10.7 Å². The van der Waals surface area contributed by atoms with Crippen LogP contribution in [0.5, 0.6) is 0 Å². The summed E-state index contributed by atoms with van der Waals surface area (Å²) in [5, 5.41) is 14.3. The highest BCUT2D eigenvalue weighted by Crippen LogP contribution is 2.29. The second-order valence-electron chi connectivity index (χ2n) is 4.94. The summed E-state index contributed by atoms with van der Waals surface area (Å²) in [5.41, 5.74) is 3.47. The number of fused-ring (bicyclic) bond motifs is 1. The molecule has 0 fully saturated rings. The molecule has 0 radical (unpaired) electrons. The van der Waals surface area contributed by atoms with Gasteiger partial charge in [-0.2, -0.15) is 0 Å². The maximum atomic E-state index is 10.7. The van der Waals surface area contributed by atoms with Gasteiger partial charge in [-0.05, 0) is 36.1 Å². The molecule has 0 spiro atoms. The summed E-state index contributed by atoms with van der Waals surface area (Å²) in [6.07, 6.45) is 1.93. The lowest BCUT2D eigenvalue weighted by Gasteiger charge is -2.13. The van der Waals surface area contributed by atoms with Gasteiger partial charge in [0, 0.05) is 17.8 Å². The summed E-state index contributed by atoms with van der Waals surface area (Å²) < 4.78 is 0. The fraction of sp³-hybridized carbons (Fsp3) is 0.200. The smallest absolute Gasteiger partial charge is 0.288 e. The molecule has 4 nitrogen and oxygen atoms in total. The summed E-state index contributed by atoms with van der Waals surface area (Å²) in [6, 6.07) is 13.4. The third-order valence-corrected chi connectivity index (χ3v) is 3.87. The lowest BCUT2D eigenvalue weighted by Crippen LogP contribution is -2.19. The minimum absolute atomic E-state index is 0.0630. The van der Waals surface area contributed by atoms with Crippen LogP contribution in [0, 0.1) is 10.1 Å². The summed E-state index contributed by atoms with van der Waals surface area (Å²) in [6.45, 7) is 0. The number of anilines is 1. The molecule has 2 aromatic rings. The Morgan fingerprint density at radius 3 is 2.35 bits per heavy atom. The second-order valence-corrected chi connectivity index (χ2v) is 5.35. The van der Waals surface area contributed by atoms with Crippen LogP contribution in [-0.4, -0.2) is 11.0 Å². The summed E-state index contributed by atoms with van der Waals surface area (Å²) >= 11 is 5.92. The predicted molar refractivity (Wildman–Crippen MR) is 79.4 cm³/mol. The van der Waals surface area contributed by atoms with Crippen LogP contribution in [0.3, 0.4) is 0 Å². The first-order chi connectivity index (χ1) is 9.63. The average molecular weight is 289 g/mol. The minimum atomic E-state index is -0.475. The van der Waals surface area contributed by atoms with Crippen LogP contribution in [-0.2, 0) is 12.8 Å². The van der Waals surface area contributed by atoms with E-state index in [1.165, 1.54) is 17.2 Å². The van der Waals surface area contributed by atoms with E-state index in [9.17, 15) is 10.1 Å². The molecule has 0 amide bonds. The topological polar surface area (TPSA) is 55.2 Å². The molecule has 20 heavy (non-hydrogen) atoms. The highest BCUT2D eigenvalue weighted by Gasteiger charge is 2.21. The normalized spacial score (nSPS) is 14.1. The maximum Gasteiger partial charge on any atom is 0.288 e. The third kappa shape index (κ3) is 2.47. The molecule has 5 heteroatoms. The SMILES string of the molecule is O=[N+]([O-])c1ccc(NC2Cc3ccccc3C2)cc1Cl. The molecule has 0 unspecified atom stereocenters. The van der Waals surface area contributed by atoms with Gasteiger partial charge in [0.2, 0.25) is 0 Å². The third-order valence-electron chi connectivity index (χ3n) is 3.57. The average Bonchev–Trinajstić information content (AvgIpc) is 2.80. The number of nitro benzene ring substituents is 1. The van der Waals surface area contributed by atoms with E-state index in [4.69, 9.17) is 11.6 Å². The quantitative estimate of drug-likeness (QED) is 0.690. The first-order valence-corrected chi connectivity index (χ1v) is 6.78. The summed E-state index contributed by atoms with van der Waals surface area (Å²) in [7, 11) is 0.